The van der Waals surface area contributed by atoms with Gasteiger partial charge in [-0.05, 0) is 24.6 Å². The first kappa shape index (κ1) is 15.0. The van der Waals surface area contributed by atoms with Crippen LogP contribution in [0.25, 0.3) is 11.5 Å². The smallest absolute Gasteiger partial charge is 0.272 e. The summed E-state index contributed by atoms with van der Waals surface area (Å²) in [6.45, 7) is 2.26. The standard InChI is InChI=1S/C16H17N5O2/c1-2-6-12-9-13(20-19-12)15(22)17-10-14-18-16(23-21-14)11-7-4-3-5-8-11/h3-5,7-9H,2,6,10H2,1H3,(H,17,22)(H,19,20). The molecule has 0 saturated carbocycles. The number of aryl methyl sites for hydroxylation is 1. The summed E-state index contributed by atoms with van der Waals surface area (Å²) in [4.78, 5) is 16.3. The molecular formula is C16H17N5O2. The average molecular weight is 311 g/mol. The predicted molar refractivity (Wildman–Crippen MR) is 83.5 cm³/mol. The number of amides is 1. The lowest BCUT2D eigenvalue weighted by molar-refractivity contribution is 0.0944. The van der Waals surface area contributed by atoms with Crippen LogP contribution in [0.2, 0.25) is 0 Å². The molecule has 0 fully saturated rings. The minimum atomic E-state index is -0.269. The third-order valence-corrected chi connectivity index (χ3v) is 3.28. The van der Waals surface area contributed by atoms with E-state index in [0.717, 1.165) is 24.1 Å². The molecular weight excluding hydrogens is 294 g/mol. The Morgan fingerprint density at radius 2 is 2.13 bits per heavy atom. The number of benzene rings is 1. The average Bonchev–Trinajstić information content (AvgIpc) is 3.23. The Morgan fingerprint density at radius 1 is 1.30 bits per heavy atom. The number of H-pyrrole nitrogens is 1. The van der Waals surface area contributed by atoms with Crippen molar-refractivity contribution in [1.82, 2.24) is 25.7 Å². The summed E-state index contributed by atoms with van der Waals surface area (Å²) >= 11 is 0. The second-order valence-electron chi connectivity index (χ2n) is 5.09. The molecule has 0 atom stereocenters. The summed E-state index contributed by atoms with van der Waals surface area (Å²) in [6.07, 6.45) is 1.86. The van der Waals surface area contributed by atoms with Crippen LogP contribution in [-0.4, -0.2) is 26.2 Å². The van der Waals surface area contributed by atoms with Gasteiger partial charge in [0.15, 0.2) is 5.82 Å². The van der Waals surface area contributed by atoms with Crippen molar-refractivity contribution in [3.63, 3.8) is 0 Å². The van der Waals surface area contributed by atoms with Gasteiger partial charge in [-0.1, -0.05) is 36.7 Å². The highest BCUT2D eigenvalue weighted by Gasteiger charge is 2.13. The van der Waals surface area contributed by atoms with E-state index in [1.54, 1.807) is 6.07 Å². The van der Waals surface area contributed by atoms with E-state index in [9.17, 15) is 4.79 Å². The fourth-order valence-corrected chi connectivity index (χ4v) is 2.15. The van der Waals surface area contributed by atoms with Crippen LogP contribution < -0.4 is 5.32 Å². The van der Waals surface area contributed by atoms with Crippen LogP contribution in [0.1, 0.15) is 35.4 Å². The van der Waals surface area contributed by atoms with Crippen molar-refractivity contribution in [1.29, 1.82) is 0 Å². The van der Waals surface area contributed by atoms with Crippen molar-refractivity contribution in [2.45, 2.75) is 26.3 Å². The first-order valence-electron chi connectivity index (χ1n) is 7.46. The predicted octanol–water partition coefficient (Wildman–Crippen LogP) is 2.34. The number of carbonyl (C=O) groups is 1. The largest absolute Gasteiger partial charge is 0.343 e. The van der Waals surface area contributed by atoms with Crippen LogP contribution in [0.15, 0.2) is 40.9 Å². The second-order valence-corrected chi connectivity index (χ2v) is 5.09. The van der Waals surface area contributed by atoms with E-state index in [4.69, 9.17) is 4.52 Å². The van der Waals surface area contributed by atoms with Crippen LogP contribution in [0.3, 0.4) is 0 Å². The first-order valence-corrected chi connectivity index (χ1v) is 7.46. The van der Waals surface area contributed by atoms with Crippen molar-refractivity contribution in [2.24, 2.45) is 0 Å². The zero-order valence-corrected chi connectivity index (χ0v) is 12.7. The van der Waals surface area contributed by atoms with E-state index >= 15 is 0 Å². The van der Waals surface area contributed by atoms with E-state index in [2.05, 4.69) is 32.6 Å². The van der Waals surface area contributed by atoms with Gasteiger partial charge in [0.1, 0.15) is 5.69 Å². The van der Waals surface area contributed by atoms with Gasteiger partial charge in [0.2, 0.25) is 0 Å². The van der Waals surface area contributed by atoms with Crippen molar-refractivity contribution in [2.75, 3.05) is 0 Å². The maximum absolute atomic E-state index is 12.0. The van der Waals surface area contributed by atoms with Gasteiger partial charge < -0.3 is 9.84 Å². The first-order chi connectivity index (χ1) is 11.3. The van der Waals surface area contributed by atoms with Crippen LogP contribution in [0.4, 0.5) is 0 Å². The molecule has 2 aromatic heterocycles. The molecule has 1 aromatic carbocycles. The van der Waals surface area contributed by atoms with Gasteiger partial charge in [0, 0.05) is 11.3 Å². The van der Waals surface area contributed by atoms with Crippen LogP contribution in [-0.2, 0) is 13.0 Å². The number of hydrogen-bond acceptors (Lipinski definition) is 5. The van der Waals surface area contributed by atoms with Gasteiger partial charge in [-0.15, -0.1) is 0 Å². The molecule has 3 rings (SSSR count). The summed E-state index contributed by atoms with van der Waals surface area (Å²) in [5, 5.41) is 13.4. The molecule has 0 saturated heterocycles. The van der Waals surface area contributed by atoms with Crippen molar-refractivity contribution < 1.29 is 9.32 Å². The number of nitrogens with one attached hydrogen (secondary N) is 2. The Balaban J connectivity index is 1.60. The summed E-state index contributed by atoms with van der Waals surface area (Å²) in [5.41, 5.74) is 2.15. The van der Waals surface area contributed by atoms with Gasteiger partial charge in [-0.3, -0.25) is 9.89 Å². The molecule has 3 aromatic rings. The highest BCUT2D eigenvalue weighted by molar-refractivity contribution is 5.92. The van der Waals surface area contributed by atoms with Crippen molar-refractivity contribution in [3.8, 4) is 11.5 Å². The SMILES string of the molecule is CCCc1cc(C(=O)NCc2noc(-c3ccccc3)n2)n[nH]1. The third-order valence-electron chi connectivity index (χ3n) is 3.28. The molecule has 0 aliphatic rings. The van der Waals surface area contributed by atoms with E-state index in [-0.39, 0.29) is 12.5 Å². The van der Waals surface area contributed by atoms with Crippen molar-refractivity contribution in [3.05, 3.63) is 53.6 Å². The molecule has 2 heterocycles. The molecule has 0 unspecified atom stereocenters. The molecule has 7 heteroatoms. The van der Waals surface area contributed by atoms with Crippen molar-refractivity contribution >= 4 is 5.91 Å². The van der Waals surface area contributed by atoms with Crippen LogP contribution in [0, 0.1) is 0 Å². The zero-order valence-electron chi connectivity index (χ0n) is 12.7. The molecule has 0 radical (unpaired) electrons. The quantitative estimate of drug-likeness (QED) is 0.728. The zero-order chi connectivity index (χ0) is 16.1. The lowest BCUT2D eigenvalue weighted by Gasteiger charge is -1.97. The fraction of sp³-hybridized carbons (Fsp3) is 0.250. The number of hydrogen-bond donors (Lipinski definition) is 2. The summed E-state index contributed by atoms with van der Waals surface area (Å²) < 4.78 is 5.19. The topological polar surface area (TPSA) is 96.7 Å². The van der Waals surface area contributed by atoms with Crippen LogP contribution in [0.5, 0.6) is 0 Å². The normalized spacial score (nSPS) is 10.7. The lowest BCUT2D eigenvalue weighted by Crippen LogP contribution is -2.23. The highest BCUT2D eigenvalue weighted by Crippen LogP contribution is 2.15. The Bertz CT molecular complexity index is 779. The number of rotatable bonds is 6. The molecule has 0 aliphatic carbocycles. The molecule has 2 N–H and O–H groups in total. The summed E-state index contributed by atoms with van der Waals surface area (Å²) in [6, 6.07) is 11.2. The minimum Gasteiger partial charge on any atom is -0.343 e. The molecule has 23 heavy (non-hydrogen) atoms. The third kappa shape index (κ3) is 3.63. The molecule has 0 bridgehead atoms. The molecule has 118 valence electrons. The number of nitrogens with zero attached hydrogens (tertiary/aromatic N) is 3. The minimum absolute atomic E-state index is 0.186. The number of aromatic amines is 1. The molecule has 0 spiro atoms. The Morgan fingerprint density at radius 3 is 2.91 bits per heavy atom. The summed E-state index contributed by atoms with van der Waals surface area (Å²) in [5.74, 6) is 0.580. The molecule has 7 nitrogen and oxygen atoms in total. The Hall–Kier alpha value is -2.96. The number of aromatic nitrogens is 4. The Kier molecular flexibility index (Phi) is 4.46. The van der Waals surface area contributed by atoms with E-state index < -0.39 is 0 Å². The summed E-state index contributed by atoms with van der Waals surface area (Å²) in [7, 11) is 0. The maximum Gasteiger partial charge on any atom is 0.272 e. The maximum atomic E-state index is 12.0. The highest BCUT2D eigenvalue weighted by atomic mass is 16.5. The van der Waals surface area contributed by atoms with E-state index in [1.807, 2.05) is 30.3 Å². The number of carbonyl (C=O) groups excluding carboxylic acids is 1. The van der Waals surface area contributed by atoms with Gasteiger partial charge in [-0.2, -0.15) is 10.1 Å². The Labute approximate surface area is 133 Å². The van der Waals surface area contributed by atoms with Crippen LogP contribution >= 0.6 is 0 Å². The monoisotopic (exact) mass is 311 g/mol. The van der Waals surface area contributed by atoms with Gasteiger partial charge >= 0.3 is 0 Å². The lowest BCUT2D eigenvalue weighted by atomic mass is 10.2. The van der Waals surface area contributed by atoms with E-state index in [1.165, 1.54) is 0 Å². The van der Waals surface area contributed by atoms with Gasteiger partial charge in [0.05, 0.1) is 6.54 Å². The fourth-order valence-electron chi connectivity index (χ4n) is 2.15. The molecule has 1 amide bonds. The van der Waals surface area contributed by atoms with E-state index in [0.29, 0.717) is 17.4 Å². The van der Waals surface area contributed by atoms with Gasteiger partial charge in [-0.25, -0.2) is 0 Å². The van der Waals surface area contributed by atoms with Gasteiger partial charge in [0.25, 0.3) is 11.8 Å². The second kappa shape index (κ2) is 6.87. The molecule has 0 aliphatic heterocycles.